The minimum Gasteiger partial charge on any atom is -0.367 e. The molecule has 2 aromatic carbocycles. The van der Waals surface area contributed by atoms with Gasteiger partial charge in [-0.2, -0.15) is 0 Å². The van der Waals surface area contributed by atoms with Crippen molar-refractivity contribution in [2.75, 3.05) is 42.3 Å². The zero-order valence-corrected chi connectivity index (χ0v) is 18.6. The second kappa shape index (κ2) is 9.49. The van der Waals surface area contributed by atoms with E-state index in [2.05, 4.69) is 20.3 Å². The summed E-state index contributed by atoms with van der Waals surface area (Å²) in [6, 6.07) is 12.0. The van der Waals surface area contributed by atoms with E-state index in [1.54, 1.807) is 30.3 Å². The zero-order valence-electron chi connectivity index (χ0n) is 17.7. The number of sulfonamides is 1. The van der Waals surface area contributed by atoms with E-state index in [0.717, 1.165) is 37.4 Å². The third-order valence-electron chi connectivity index (χ3n) is 4.93. The number of piperazine rings is 1. The van der Waals surface area contributed by atoms with Crippen LogP contribution >= 0.6 is 0 Å². The minimum absolute atomic E-state index is 0.198. The molecule has 1 heterocycles. The van der Waals surface area contributed by atoms with Gasteiger partial charge in [-0.05, 0) is 48.7 Å². The summed E-state index contributed by atoms with van der Waals surface area (Å²) in [5.41, 5.74) is 2.47. The molecule has 3 rings (SSSR count). The number of hydrogen-bond donors (Lipinski definition) is 3. The maximum Gasteiger partial charge on any atom is 0.261 e. The Balaban J connectivity index is 1.95. The average Bonchev–Trinajstić information content (AvgIpc) is 2.72. The third-order valence-corrected chi connectivity index (χ3v) is 6.29. The van der Waals surface area contributed by atoms with Crippen LogP contribution in [0.3, 0.4) is 0 Å². The largest absolute Gasteiger partial charge is 0.367 e. The van der Waals surface area contributed by atoms with Crippen molar-refractivity contribution in [2.45, 2.75) is 25.7 Å². The Labute approximate surface area is 178 Å². The highest BCUT2D eigenvalue weighted by Crippen LogP contribution is 2.30. The number of hydrogen-bond acceptors (Lipinski definition) is 5. The summed E-state index contributed by atoms with van der Waals surface area (Å²) in [6.45, 7) is 9.62. The number of amides is 1. The molecule has 30 heavy (non-hydrogen) atoms. The summed E-state index contributed by atoms with van der Waals surface area (Å²) >= 11 is 0. The Morgan fingerprint density at radius 2 is 1.87 bits per heavy atom. The fourth-order valence-electron chi connectivity index (χ4n) is 3.33. The SMILES string of the molecule is Cc1cccc(S(=O)(=O)Nc2cc(C(=O)NCC(C)C)ccc2N2CCNCC2)c1. The molecule has 1 fully saturated rings. The highest BCUT2D eigenvalue weighted by Gasteiger charge is 2.21. The van der Waals surface area contributed by atoms with Crippen LogP contribution in [0.25, 0.3) is 0 Å². The lowest BCUT2D eigenvalue weighted by molar-refractivity contribution is 0.0949. The Kier molecular flexibility index (Phi) is 6.99. The molecule has 8 heteroatoms. The average molecular weight is 431 g/mol. The molecule has 1 amide bonds. The Morgan fingerprint density at radius 1 is 1.13 bits per heavy atom. The molecule has 1 aliphatic rings. The van der Waals surface area contributed by atoms with Crippen molar-refractivity contribution in [3.63, 3.8) is 0 Å². The number of carbonyl (C=O) groups is 1. The Hall–Kier alpha value is -2.58. The number of nitrogens with zero attached hydrogens (tertiary/aromatic N) is 1. The van der Waals surface area contributed by atoms with Crippen LogP contribution in [0.1, 0.15) is 29.8 Å². The topological polar surface area (TPSA) is 90.5 Å². The number of anilines is 2. The van der Waals surface area contributed by atoms with Gasteiger partial charge in [0.1, 0.15) is 0 Å². The van der Waals surface area contributed by atoms with Crippen LogP contribution in [0.5, 0.6) is 0 Å². The molecule has 0 aromatic heterocycles. The van der Waals surface area contributed by atoms with Crippen LogP contribution in [0.4, 0.5) is 11.4 Å². The van der Waals surface area contributed by atoms with Crippen LogP contribution < -0.4 is 20.3 Å². The van der Waals surface area contributed by atoms with E-state index in [4.69, 9.17) is 0 Å². The van der Waals surface area contributed by atoms with Gasteiger partial charge in [-0.15, -0.1) is 0 Å². The maximum atomic E-state index is 13.0. The summed E-state index contributed by atoms with van der Waals surface area (Å²) in [4.78, 5) is 14.9. The summed E-state index contributed by atoms with van der Waals surface area (Å²) in [5, 5.41) is 6.18. The molecule has 0 saturated carbocycles. The predicted octanol–water partition coefficient (Wildman–Crippen LogP) is 2.59. The Morgan fingerprint density at radius 3 is 2.53 bits per heavy atom. The van der Waals surface area contributed by atoms with Gasteiger partial charge in [-0.25, -0.2) is 8.42 Å². The molecule has 3 N–H and O–H groups in total. The van der Waals surface area contributed by atoms with E-state index in [0.29, 0.717) is 23.7 Å². The molecule has 0 radical (unpaired) electrons. The van der Waals surface area contributed by atoms with E-state index < -0.39 is 10.0 Å². The highest BCUT2D eigenvalue weighted by atomic mass is 32.2. The van der Waals surface area contributed by atoms with Crippen molar-refractivity contribution in [1.82, 2.24) is 10.6 Å². The van der Waals surface area contributed by atoms with E-state index in [1.165, 1.54) is 0 Å². The van der Waals surface area contributed by atoms with Crippen LogP contribution in [-0.4, -0.2) is 47.0 Å². The van der Waals surface area contributed by atoms with Gasteiger partial charge in [0.15, 0.2) is 0 Å². The second-order valence-corrected chi connectivity index (χ2v) is 9.68. The van der Waals surface area contributed by atoms with Gasteiger partial charge in [0.2, 0.25) is 0 Å². The first-order valence-corrected chi connectivity index (χ1v) is 11.7. The standard InChI is InChI=1S/C22H30N4O3S/c1-16(2)15-24-22(27)18-7-8-21(26-11-9-23-10-12-26)20(14-18)25-30(28,29)19-6-4-5-17(3)13-19/h4-8,13-14,16,23,25H,9-12,15H2,1-3H3,(H,24,27). The monoisotopic (exact) mass is 430 g/mol. The van der Waals surface area contributed by atoms with Gasteiger partial charge in [-0.3, -0.25) is 9.52 Å². The molecule has 162 valence electrons. The molecule has 0 unspecified atom stereocenters. The van der Waals surface area contributed by atoms with E-state index in [9.17, 15) is 13.2 Å². The van der Waals surface area contributed by atoms with Crippen molar-refractivity contribution >= 4 is 27.3 Å². The van der Waals surface area contributed by atoms with Crippen LogP contribution in [-0.2, 0) is 10.0 Å². The van der Waals surface area contributed by atoms with Crippen LogP contribution in [0.15, 0.2) is 47.4 Å². The van der Waals surface area contributed by atoms with Crippen molar-refractivity contribution < 1.29 is 13.2 Å². The first-order valence-electron chi connectivity index (χ1n) is 10.2. The fraction of sp³-hybridized carbons (Fsp3) is 0.409. The second-order valence-electron chi connectivity index (χ2n) is 7.99. The highest BCUT2D eigenvalue weighted by molar-refractivity contribution is 7.92. The third kappa shape index (κ3) is 5.52. The Bertz CT molecular complexity index is 999. The van der Waals surface area contributed by atoms with Gasteiger partial charge >= 0.3 is 0 Å². The van der Waals surface area contributed by atoms with Crippen molar-refractivity contribution in [2.24, 2.45) is 5.92 Å². The molecule has 0 spiro atoms. The van der Waals surface area contributed by atoms with Gasteiger partial charge in [-0.1, -0.05) is 26.0 Å². The van der Waals surface area contributed by atoms with E-state index in [1.807, 2.05) is 32.9 Å². The van der Waals surface area contributed by atoms with Crippen LogP contribution in [0, 0.1) is 12.8 Å². The summed E-state index contributed by atoms with van der Waals surface area (Å²) in [5.74, 6) is 0.111. The fourth-order valence-corrected chi connectivity index (χ4v) is 4.50. The number of benzene rings is 2. The lowest BCUT2D eigenvalue weighted by atomic mass is 10.1. The molecule has 7 nitrogen and oxygen atoms in total. The quantitative estimate of drug-likeness (QED) is 0.628. The van der Waals surface area contributed by atoms with Gasteiger partial charge < -0.3 is 15.5 Å². The van der Waals surface area contributed by atoms with E-state index in [-0.39, 0.29) is 10.8 Å². The van der Waals surface area contributed by atoms with Crippen molar-refractivity contribution in [3.05, 3.63) is 53.6 Å². The molecular formula is C22H30N4O3S. The maximum absolute atomic E-state index is 13.0. The van der Waals surface area contributed by atoms with Crippen molar-refractivity contribution in [3.8, 4) is 0 Å². The normalized spacial score (nSPS) is 14.6. The van der Waals surface area contributed by atoms with E-state index >= 15 is 0 Å². The smallest absolute Gasteiger partial charge is 0.261 e. The summed E-state index contributed by atoms with van der Waals surface area (Å²) in [6.07, 6.45) is 0. The molecule has 1 saturated heterocycles. The summed E-state index contributed by atoms with van der Waals surface area (Å²) in [7, 11) is -3.79. The number of nitrogens with one attached hydrogen (secondary N) is 3. The number of rotatable bonds is 7. The molecule has 0 bridgehead atoms. The molecule has 2 aromatic rings. The minimum atomic E-state index is -3.79. The van der Waals surface area contributed by atoms with Crippen LogP contribution in [0.2, 0.25) is 0 Å². The number of aryl methyl sites for hydroxylation is 1. The lowest BCUT2D eigenvalue weighted by Crippen LogP contribution is -2.43. The van der Waals surface area contributed by atoms with Gasteiger partial charge in [0, 0.05) is 38.3 Å². The first-order chi connectivity index (χ1) is 14.3. The lowest BCUT2D eigenvalue weighted by Gasteiger charge is -2.31. The van der Waals surface area contributed by atoms with Crippen molar-refractivity contribution in [1.29, 1.82) is 0 Å². The molecular weight excluding hydrogens is 400 g/mol. The van der Waals surface area contributed by atoms with Gasteiger partial charge in [0.25, 0.3) is 15.9 Å². The molecule has 1 aliphatic heterocycles. The molecule has 0 aliphatic carbocycles. The number of carbonyl (C=O) groups excluding carboxylic acids is 1. The first kappa shape index (κ1) is 22.1. The van der Waals surface area contributed by atoms with Gasteiger partial charge in [0.05, 0.1) is 16.3 Å². The zero-order chi connectivity index (χ0) is 21.7. The summed E-state index contributed by atoms with van der Waals surface area (Å²) < 4.78 is 28.8. The molecule has 0 atom stereocenters. The predicted molar refractivity (Wildman–Crippen MR) is 121 cm³/mol.